The summed E-state index contributed by atoms with van der Waals surface area (Å²) in [6.45, 7) is 3.83. The van der Waals surface area contributed by atoms with Crippen molar-refractivity contribution in [1.29, 1.82) is 0 Å². The molecule has 1 saturated heterocycles. The lowest BCUT2D eigenvalue weighted by molar-refractivity contribution is -0.132. The molecule has 2 aromatic carbocycles. The predicted octanol–water partition coefficient (Wildman–Crippen LogP) is 4.70. The summed E-state index contributed by atoms with van der Waals surface area (Å²) >= 11 is 0. The van der Waals surface area contributed by atoms with Crippen LogP contribution in [0, 0.1) is 0 Å². The van der Waals surface area contributed by atoms with Crippen LogP contribution in [0.5, 0.6) is 11.5 Å². The zero-order chi connectivity index (χ0) is 22.8. The van der Waals surface area contributed by atoms with Crippen LogP contribution in [0.15, 0.2) is 76.9 Å². The Bertz CT molecular complexity index is 1140. The van der Waals surface area contributed by atoms with Crippen LogP contribution >= 0.6 is 0 Å². The minimum atomic E-state index is -0.912. The molecule has 1 unspecified atom stereocenters. The van der Waals surface area contributed by atoms with E-state index in [0.717, 1.165) is 0 Å². The van der Waals surface area contributed by atoms with E-state index in [-0.39, 0.29) is 17.4 Å². The van der Waals surface area contributed by atoms with Gasteiger partial charge in [-0.25, -0.2) is 0 Å². The van der Waals surface area contributed by atoms with Gasteiger partial charge in [0.15, 0.2) is 0 Å². The fourth-order valence-corrected chi connectivity index (χ4v) is 3.68. The Hall–Kier alpha value is -4.00. The number of ether oxygens (including phenoxy) is 2. The Labute approximate surface area is 185 Å². The summed E-state index contributed by atoms with van der Waals surface area (Å²) < 4.78 is 16.4. The molecule has 0 saturated carbocycles. The number of amides is 1. The molecule has 1 N–H and O–H groups in total. The van der Waals surface area contributed by atoms with Gasteiger partial charge in [0.1, 0.15) is 29.1 Å². The lowest BCUT2D eigenvalue weighted by Crippen LogP contribution is -2.29. The topological polar surface area (TPSA) is 89.2 Å². The van der Waals surface area contributed by atoms with Crippen molar-refractivity contribution in [2.75, 3.05) is 12.0 Å². The van der Waals surface area contributed by atoms with Gasteiger partial charge < -0.3 is 19.0 Å². The van der Waals surface area contributed by atoms with E-state index < -0.39 is 17.7 Å². The second-order valence-electron chi connectivity index (χ2n) is 7.57. The fourth-order valence-electron chi connectivity index (χ4n) is 3.68. The van der Waals surface area contributed by atoms with Gasteiger partial charge in [-0.3, -0.25) is 14.5 Å². The average molecular weight is 433 g/mol. The highest BCUT2D eigenvalue weighted by Crippen LogP contribution is 2.42. The van der Waals surface area contributed by atoms with E-state index in [1.54, 1.807) is 67.8 Å². The monoisotopic (exact) mass is 433 g/mol. The van der Waals surface area contributed by atoms with E-state index in [2.05, 4.69) is 0 Å². The third-order valence-electron chi connectivity index (χ3n) is 5.11. The van der Waals surface area contributed by atoms with Crippen LogP contribution in [-0.2, 0) is 9.59 Å². The van der Waals surface area contributed by atoms with Gasteiger partial charge in [-0.2, -0.15) is 0 Å². The molecule has 1 aliphatic rings. The van der Waals surface area contributed by atoms with Crippen molar-refractivity contribution in [3.8, 4) is 11.5 Å². The van der Waals surface area contributed by atoms with Crippen LogP contribution in [0.3, 0.4) is 0 Å². The zero-order valence-electron chi connectivity index (χ0n) is 17.9. The quantitative estimate of drug-likeness (QED) is 0.344. The summed E-state index contributed by atoms with van der Waals surface area (Å²) in [7, 11) is 1.54. The number of Topliss-reactive ketones (excluding diaryl/α,β-unsaturated/α-hetero) is 1. The molecule has 32 heavy (non-hydrogen) atoms. The van der Waals surface area contributed by atoms with Crippen LogP contribution in [0.25, 0.3) is 5.76 Å². The molecule has 1 aliphatic heterocycles. The number of rotatable bonds is 6. The van der Waals surface area contributed by atoms with Crippen LogP contribution in [0.4, 0.5) is 5.69 Å². The van der Waals surface area contributed by atoms with E-state index in [4.69, 9.17) is 13.9 Å². The number of carbonyl (C=O) groups excluding carboxylic acids is 2. The molecule has 0 radical (unpaired) electrons. The fraction of sp³-hybridized carbons (Fsp3) is 0.200. The van der Waals surface area contributed by atoms with Gasteiger partial charge in [-0.05, 0) is 74.5 Å². The second kappa shape index (κ2) is 8.63. The summed E-state index contributed by atoms with van der Waals surface area (Å²) in [4.78, 5) is 27.4. The molecule has 4 rings (SSSR count). The van der Waals surface area contributed by atoms with E-state index in [0.29, 0.717) is 28.5 Å². The number of anilines is 1. The SMILES string of the molecule is COc1ccc(N2C(=O)C(=O)/C(=C(\O)c3ccc(OC(C)C)cc3)C2c2ccco2)cc1. The number of hydrogen-bond acceptors (Lipinski definition) is 6. The Kier molecular flexibility index (Phi) is 5.73. The summed E-state index contributed by atoms with van der Waals surface area (Å²) in [6, 6.07) is 15.9. The smallest absolute Gasteiger partial charge is 0.300 e. The maximum Gasteiger partial charge on any atom is 0.300 e. The first-order chi connectivity index (χ1) is 15.4. The van der Waals surface area contributed by atoms with Crippen LogP contribution < -0.4 is 14.4 Å². The van der Waals surface area contributed by atoms with Crippen LogP contribution in [0.2, 0.25) is 0 Å². The Morgan fingerprint density at radius 1 is 1.00 bits per heavy atom. The first-order valence-electron chi connectivity index (χ1n) is 10.2. The molecular weight excluding hydrogens is 410 g/mol. The molecule has 7 heteroatoms. The molecule has 0 aliphatic carbocycles. The number of hydrogen-bond donors (Lipinski definition) is 1. The maximum absolute atomic E-state index is 13.0. The third kappa shape index (κ3) is 3.85. The molecule has 2 heterocycles. The minimum Gasteiger partial charge on any atom is -0.507 e. The van der Waals surface area contributed by atoms with Crippen LogP contribution in [-0.4, -0.2) is 30.0 Å². The van der Waals surface area contributed by atoms with E-state index in [1.165, 1.54) is 11.2 Å². The molecule has 0 spiro atoms. The van der Waals surface area contributed by atoms with Gasteiger partial charge in [0.25, 0.3) is 11.7 Å². The summed E-state index contributed by atoms with van der Waals surface area (Å²) in [5.74, 6) is -0.209. The largest absolute Gasteiger partial charge is 0.507 e. The van der Waals surface area contributed by atoms with Crippen molar-refractivity contribution in [3.63, 3.8) is 0 Å². The number of carbonyl (C=O) groups is 2. The highest BCUT2D eigenvalue weighted by molar-refractivity contribution is 6.51. The molecule has 7 nitrogen and oxygen atoms in total. The summed E-state index contributed by atoms with van der Waals surface area (Å²) in [5, 5.41) is 11.1. The van der Waals surface area contributed by atoms with Crippen molar-refractivity contribution >= 4 is 23.1 Å². The second-order valence-corrected chi connectivity index (χ2v) is 7.57. The van der Waals surface area contributed by atoms with Crippen LogP contribution in [0.1, 0.15) is 31.2 Å². The molecule has 1 atom stereocenters. The Morgan fingerprint density at radius 3 is 2.22 bits per heavy atom. The zero-order valence-corrected chi connectivity index (χ0v) is 17.9. The third-order valence-corrected chi connectivity index (χ3v) is 5.11. The number of aliphatic hydroxyl groups excluding tert-OH is 1. The summed E-state index contributed by atoms with van der Waals surface area (Å²) in [5.41, 5.74) is 0.831. The van der Waals surface area contributed by atoms with Crippen molar-refractivity contribution < 1.29 is 28.6 Å². The van der Waals surface area contributed by atoms with Gasteiger partial charge >= 0.3 is 0 Å². The van der Waals surface area contributed by atoms with Crippen molar-refractivity contribution in [1.82, 2.24) is 0 Å². The number of nitrogens with zero attached hydrogens (tertiary/aromatic N) is 1. The molecule has 1 fully saturated rings. The number of aliphatic hydroxyl groups is 1. The first kappa shape index (κ1) is 21.2. The predicted molar refractivity (Wildman–Crippen MR) is 119 cm³/mol. The number of furan rings is 1. The lowest BCUT2D eigenvalue weighted by Gasteiger charge is -2.23. The van der Waals surface area contributed by atoms with Gasteiger partial charge in [0.2, 0.25) is 0 Å². The first-order valence-corrected chi connectivity index (χ1v) is 10.2. The van der Waals surface area contributed by atoms with Crippen molar-refractivity contribution in [2.45, 2.75) is 26.0 Å². The molecule has 3 aromatic rings. The standard InChI is InChI=1S/C25H23NO6/c1-15(2)32-19-10-6-16(7-11-19)23(27)21-22(20-5-4-14-31-20)26(25(29)24(21)28)17-8-12-18(30-3)13-9-17/h4-15,22,27H,1-3H3/b23-21-. The van der Waals surface area contributed by atoms with E-state index in [1.807, 2.05) is 13.8 Å². The normalized spacial score (nSPS) is 17.8. The number of ketones is 1. The molecular formula is C25H23NO6. The lowest BCUT2D eigenvalue weighted by atomic mass is 9.99. The van der Waals surface area contributed by atoms with Gasteiger partial charge in [0, 0.05) is 11.3 Å². The van der Waals surface area contributed by atoms with E-state index in [9.17, 15) is 14.7 Å². The van der Waals surface area contributed by atoms with Gasteiger partial charge in [0.05, 0.1) is 25.1 Å². The molecule has 0 bridgehead atoms. The number of methoxy groups -OCH3 is 1. The Balaban J connectivity index is 1.81. The minimum absolute atomic E-state index is 0.00298. The average Bonchev–Trinajstić information content (AvgIpc) is 3.41. The molecule has 1 aromatic heterocycles. The summed E-state index contributed by atoms with van der Waals surface area (Å²) in [6.07, 6.45) is 1.46. The Morgan fingerprint density at radius 2 is 1.66 bits per heavy atom. The van der Waals surface area contributed by atoms with Crippen molar-refractivity contribution in [3.05, 3.63) is 83.8 Å². The number of benzene rings is 2. The maximum atomic E-state index is 13.0. The van der Waals surface area contributed by atoms with Gasteiger partial charge in [-0.1, -0.05) is 0 Å². The highest BCUT2D eigenvalue weighted by Gasteiger charge is 2.48. The highest BCUT2D eigenvalue weighted by atomic mass is 16.5. The van der Waals surface area contributed by atoms with E-state index >= 15 is 0 Å². The molecule has 164 valence electrons. The van der Waals surface area contributed by atoms with Crippen molar-refractivity contribution in [2.24, 2.45) is 0 Å². The van der Waals surface area contributed by atoms with Gasteiger partial charge in [-0.15, -0.1) is 0 Å². The molecule has 1 amide bonds.